The zero-order valence-corrected chi connectivity index (χ0v) is 13.6. The lowest BCUT2D eigenvalue weighted by atomic mass is 10.1. The molecular weight excluding hydrogens is 324 g/mol. The molecule has 0 unspecified atom stereocenters. The minimum atomic E-state index is -0.915. The number of carbonyl (C=O) groups excluding carboxylic acids is 2. The number of aryl methyl sites for hydroxylation is 1. The van der Waals surface area contributed by atoms with Crippen molar-refractivity contribution >= 4 is 28.9 Å². The van der Waals surface area contributed by atoms with Crippen LogP contribution in [0.25, 0.3) is 0 Å². The van der Waals surface area contributed by atoms with Gasteiger partial charge in [0.25, 0.3) is 5.69 Å². The van der Waals surface area contributed by atoms with Crippen LogP contribution in [0.1, 0.15) is 18.1 Å². The smallest absolute Gasteiger partial charge is 0.318 e. The first-order chi connectivity index (χ1) is 11.9. The van der Waals surface area contributed by atoms with E-state index < -0.39 is 16.7 Å². The van der Waals surface area contributed by atoms with Crippen molar-refractivity contribution in [2.75, 3.05) is 5.32 Å². The van der Waals surface area contributed by atoms with Crippen LogP contribution in [0.4, 0.5) is 11.4 Å². The molecule has 128 valence electrons. The highest BCUT2D eigenvalue weighted by molar-refractivity contribution is 6.39. The van der Waals surface area contributed by atoms with E-state index >= 15 is 0 Å². The third-order valence-corrected chi connectivity index (χ3v) is 3.34. The van der Waals surface area contributed by atoms with Gasteiger partial charge in [-0.1, -0.05) is 17.7 Å². The molecule has 0 heterocycles. The number of anilines is 1. The van der Waals surface area contributed by atoms with Crippen LogP contribution in [-0.2, 0) is 9.59 Å². The zero-order valence-electron chi connectivity index (χ0n) is 13.6. The fourth-order valence-electron chi connectivity index (χ4n) is 1.90. The maximum atomic E-state index is 11.8. The summed E-state index contributed by atoms with van der Waals surface area (Å²) < 4.78 is 0. The normalized spacial score (nSPS) is 10.9. The molecule has 0 radical (unpaired) electrons. The number of hydrazone groups is 1. The molecule has 2 N–H and O–H groups in total. The van der Waals surface area contributed by atoms with Crippen LogP contribution in [0.15, 0.2) is 53.6 Å². The van der Waals surface area contributed by atoms with E-state index in [2.05, 4.69) is 15.8 Å². The molecule has 25 heavy (non-hydrogen) atoms. The van der Waals surface area contributed by atoms with Crippen LogP contribution in [0, 0.1) is 17.0 Å². The lowest BCUT2D eigenvalue weighted by Gasteiger charge is -2.05. The Hall–Kier alpha value is -3.55. The highest BCUT2D eigenvalue weighted by atomic mass is 16.6. The monoisotopic (exact) mass is 340 g/mol. The van der Waals surface area contributed by atoms with Crippen LogP contribution in [-0.4, -0.2) is 22.4 Å². The van der Waals surface area contributed by atoms with E-state index in [1.54, 1.807) is 19.1 Å². The molecule has 8 nitrogen and oxygen atoms in total. The van der Waals surface area contributed by atoms with Gasteiger partial charge in [-0.15, -0.1) is 0 Å². The molecule has 0 fully saturated rings. The molecule has 0 bridgehead atoms. The molecule has 2 aromatic rings. The zero-order chi connectivity index (χ0) is 18.4. The number of nitro groups is 1. The number of nitro benzene ring substituents is 1. The summed E-state index contributed by atoms with van der Waals surface area (Å²) in [7, 11) is 0. The average Bonchev–Trinajstić information content (AvgIpc) is 2.61. The molecule has 2 rings (SSSR count). The number of hydrogen-bond acceptors (Lipinski definition) is 5. The van der Waals surface area contributed by atoms with Gasteiger partial charge in [-0.25, -0.2) is 5.43 Å². The van der Waals surface area contributed by atoms with Crippen molar-refractivity contribution in [3.05, 3.63) is 69.8 Å². The Kier molecular flexibility index (Phi) is 5.57. The van der Waals surface area contributed by atoms with Gasteiger partial charge >= 0.3 is 11.8 Å². The minimum Gasteiger partial charge on any atom is -0.318 e. The second-order valence-electron chi connectivity index (χ2n) is 5.26. The van der Waals surface area contributed by atoms with Crippen LogP contribution >= 0.6 is 0 Å². The van der Waals surface area contributed by atoms with Gasteiger partial charge < -0.3 is 5.32 Å². The predicted molar refractivity (Wildman–Crippen MR) is 93.3 cm³/mol. The van der Waals surface area contributed by atoms with E-state index in [4.69, 9.17) is 0 Å². The third-order valence-electron chi connectivity index (χ3n) is 3.34. The molecular formula is C17H16N4O4. The molecule has 0 aliphatic heterocycles. The van der Waals surface area contributed by atoms with Crippen molar-refractivity contribution in [2.24, 2.45) is 5.10 Å². The van der Waals surface area contributed by atoms with Crippen LogP contribution in [0.3, 0.4) is 0 Å². The maximum Gasteiger partial charge on any atom is 0.329 e. The van der Waals surface area contributed by atoms with Gasteiger partial charge in [0.1, 0.15) is 0 Å². The van der Waals surface area contributed by atoms with Gasteiger partial charge in [0.2, 0.25) is 0 Å². The van der Waals surface area contributed by atoms with Crippen molar-refractivity contribution in [2.45, 2.75) is 13.8 Å². The van der Waals surface area contributed by atoms with Crippen molar-refractivity contribution in [1.82, 2.24) is 5.43 Å². The van der Waals surface area contributed by atoms with Crippen molar-refractivity contribution in [3.8, 4) is 0 Å². The first-order valence-corrected chi connectivity index (χ1v) is 7.34. The molecule has 2 amide bonds. The number of non-ortho nitro benzene ring substituents is 1. The number of carbonyl (C=O) groups is 2. The van der Waals surface area contributed by atoms with Crippen molar-refractivity contribution in [1.29, 1.82) is 0 Å². The molecule has 0 saturated heterocycles. The summed E-state index contributed by atoms with van der Waals surface area (Å²) >= 11 is 0. The summed E-state index contributed by atoms with van der Waals surface area (Å²) in [6.07, 6.45) is 0. The van der Waals surface area contributed by atoms with Crippen LogP contribution in [0.5, 0.6) is 0 Å². The van der Waals surface area contributed by atoms with Crippen LogP contribution in [0.2, 0.25) is 0 Å². The van der Waals surface area contributed by atoms with E-state index in [1.165, 1.54) is 24.3 Å². The number of nitrogens with zero attached hydrogens (tertiary/aromatic N) is 2. The lowest BCUT2D eigenvalue weighted by Crippen LogP contribution is -2.32. The Morgan fingerprint density at radius 3 is 2.16 bits per heavy atom. The van der Waals surface area contributed by atoms with E-state index in [-0.39, 0.29) is 5.69 Å². The molecule has 0 atom stereocenters. The molecule has 0 aromatic heterocycles. The standard InChI is InChI=1S/C17H16N4O4/c1-11-3-7-14(8-4-11)18-16(22)17(23)20-19-12(2)13-5-9-15(10-6-13)21(24)25/h3-10H,1-2H3,(H,18,22)(H,20,23)/b19-12+. The van der Waals surface area contributed by atoms with Gasteiger partial charge in [0.15, 0.2) is 0 Å². The van der Waals surface area contributed by atoms with Crippen molar-refractivity contribution < 1.29 is 14.5 Å². The van der Waals surface area contributed by atoms with Gasteiger partial charge in [-0.2, -0.15) is 5.10 Å². The number of hydrogen-bond donors (Lipinski definition) is 2. The van der Waals surface area contributed by atoms with Crippen molar-refractivity contribution in [3.63, 3.8) is 0 Å². The first-order valence-electron chi connectivity index (χ1n) is 7.34. The average molecular weight is 340 g/mol. The minimum absolute atomic E-state index is 0.0435. The highest BCUT2D eigenvalue weighted by Gasteiger charge is 2.13. The largest absolute Gasteiger partial charge is 0.329 e. The Labute approximate surface area is 143 Å². The van der Waals surface area contributed by atoms with Gasteiger partial charge in [-0.3, -0.25) is 19.7 Å². The molecule has 0 saturated carbocycles. The molecule has 0 aliphatic rings. The summed E-state index contributed by atoms with van der Waals surface area (Å²) in [5, 5.41) is 16.9. The Bertz CT molecular complexity index is 827. The van der Waals surface area contributed by atoms with Gasteiger partial charge in [0, 0.05) is 17.8 Å². The SMILES string of the molecule is C/C(=N\NC(=O)C(=O)Nc1ccc(C)cc1)c1ccc([N+](=O)[O-])cc1. The first kappa shape index (κ1) is 17.8. The van der Waals surface area contributed by atoms with Crippen LogP contribution < -0.4 is 10.7 Å². The summed E-state index contributed by atoms with van der Waals surface area (Å²) in [5.74, 6) is -1.76. The number of rotatable bonds is 4. The number of benzene rings is 2. The molecule has 0 spiro atoms. The Morgan fingerprint density at radius 1 is 1.00 bits per heavy atom. The summed E-state index contributed by atoms with van der Waals surface area (Å²) in [4.78, 5) is 33.7. The van der Waals surface area contributed by atoms with Gasteiger partial charge in [-0.05, 0) is 43.7 Å². The van der Waals surface area contributed by atoms with E-state index in [9.17, 15) is 19.7 Å². The number of nitrogens with one attached hydrogen (secondary N) is 2. The predicted octanol–water partition coefficient (Wildman–Crippen LogP) is 2.38. The van der Waals surface area contributed by atoms with E-state index in [1.807, 2.05) is 19.1 Å². The second kappa shape index (κ2) is 7.82. The maximum absolute atomic E-state index is 11.8. The van der Waals surface area contributed by atoms with E-state index in [0.29, 0.717) is 17.0 Å². The third kappa shape index (κ3) is 4.96. The molecule has 8 heteroatoms. The Balaban J connectivity index is 1.96. The summed E-state index contributed by atoms with van der Waals surface area (Å²) in [5.41, 5.74) is 4.64. The highest BCUT2D eigenvalue weighted by Crippen LogP contribution is 2.12. The van der Waals surface area contributed by atoms with E-state index in [0.717, 1.165) is 5.56 Å². The fourth-order valence-corrected chi connectivity index (χ4v) is 1.90. The fraction of sp³-hybridized carbons (Fsp3) is 0.118. The molecule has 2 aromatic carbocycles. The second-order valence-corrected chi connectivity index (χ2v) is 5.26. The lowest BCUT2D eigenvalue weighted by molar-refractivity contribution is -0.384. The summed E-state index contributed by atoms with van der Waals surface area (Å²) in [6, 6.07) is 12.7. The van der Waals surface area contributed by atoms with Gasteiger partial charge in [0.05, 0.1) is 10.6 Å². The molecule has 0 aliphatic carbocycles. The summed E-state index contributed by atoms with van der Waals surface area (Å²) in [6.45, 7) is 3.52. The Morgan fingerprint density at radius 2 is 1.60 bits per heavy atom. The number of amides is 2. The quantitative estimate of drug-likeness (QED) is 0.385. The topological polar surface area (TPSA) is 114 Å².